The van der Waals surface area contributed by atoms with Gasteiger partial charge >= 0.3 is 6.18 Å². The second kappa shape index (κ2) is 5.20. The van der Waals surface area contributed by atoms with Crippen molar-refractivity contribution in [1.82, 2.24) is 10.2 Å². The predicted octanol–water partition coefficient (Wildman–Crippen LogP) is 3.11. The van der Waals surface area contributed by atoms with Gasteiger partial charge in [-0.15, -0.1) is 10.2 Å². The number of hydrogen-bond acceptors (Lipinski definition) is 4. The molecule has 1 aliphatic rings. The first-order valence-corrected chi connectivity index (χ1v) is 6.54. The molecule has 1 aromatic rings. The molecule has 7 heteroatoms. The Kier molecular flexibility index (Phi) is 3.90. The van der Waals surface area contributed by atoms with E-state index in [1.165, 1.54) is 6.07 Å². The number of ether oxygens (including phenoxy) is 1. The molecule has 0 amide bonds. The summed E-state index contributed by atoms with van der Waals surface area (Å²) in [4.78, 5) is 0. The fraction of sp³-hybridized carbons (Fsp3) is 0.692. The van der Waals surface area contributed by atoms with E-state index in [0.717, 1.165) is 12.5 Å². The molecule has 1 aliphatic carbocycles. The van der Waals surface area contributed by atoms with Crippen LogP contribution in [0.25, 0.3) is 0 Å². The quantitative estimate of drug-likeness (QED) is 0.925. The smallest absolute Gasteiger partial charge is 0.378 e. The van der Waals surface area contributed by atoms with Gasteiger partial charge in [0.2, 0.25) is 0 Å². The molecule has 2 rings (SSSR count). The molecule has 2 unspecified atom stereocenters. The third-order valence-corrected chi connectivity index (χ3v) is 3.82. The van der Waals surface area contributed by atoms with Gasteiger partial charge in [-0.05, 0) is 25.5 Å². The minimum absolute atomic E-state index is 0.0829. The number of nitrogens with one attached hydrogen (secondary N) is 1. The van der Waals surface area contributed by atoms with E-state index in [2.05, 4.69) is 29.4 Å². The Bertz CT molecular complexity index is 459. The van der Waals surface area contributed by atoms with Crippen LogP contribution >= 0.6 is 0 Å². The van der Waals surface area contributed by atoms with Crippen LogP contribution in [-0.4, -0.2) is 29.0 Å². The fourth-order valence-electron chi connectivity index (χ4n) is 2.35. The normalized spacial score (nSPS) is 25.1. The molecule has 1 fully saturated rings. The summed E-state index contributed by atoms with van der Waals surface area (Å²) in [5.74, 6) is 0.353. The van der Waals surface area contributed by atoms with Crippen molar-refractivity contribution < 1.29 is 17.9 Å². The van der Waals surface area contributed by atoms with Gasteiger partial charge in [0.15, 0.2) is 5.69 Å². The predicted molar refractivity (Wildman–Crippen MR) is 68.3 cm³/mol. The Labute approximate surface area is 115 Å². The fourth-order valence-corrected chi connectivity index (χ4v) is 2.35. The molecule has 1 heterocycles. The highest BCUT2D eigenvalue weighted by Crippen LogP contribution is 2.44. The van der Waals surface area contributed by atoms with E-state index in [1.54, 1.807) is 0 Å². The average Bonchev–Trinajstić information content (AvgIpc) is 2.37. The lowest BCUT2D eigenvalue weighted by atomic mass is 9.64. The lowest BCUT2D eigenvalue weighted by molar-refractivity contribution is -0.141. The Hall–Kier alpha value is -1.37. The van der Waals surface area contributed by atoms with E-state index in [-0.39, 0.29) is 17.6 Å². The largest absolute Gasteiger partial charge is 0.435 e. The first kappa shape index (κ1) is 15.0. The number of halogens is 3. The highest BCUT2D eigenvalue weighted by molar-refractivity contribution is 5.37. The first-order chi connectivity index (χ1) is 9.25. The van der Waals surface area contributed by atoms with E-state index in [1.807, 2.05) is 6.92 Å². The van der Waals surface area contributed by atoms with Crippen molar-refractivity contribution in [1.29, 1.82) is 0 Å². The van der Waals surface area contributed by atoms with Crippen molar-refractivity contribution in [2.75, 3.05) is 11.9 Å². The molecule has 0 bridgehead atoms. The van der Waals surface area contributed by atoms with Crippen molar-refractivity contribution in [2.45, 2.75) is 45.5 Å². The van der Waals surface area contributed by atoms with Gasteiger partial charge in [0.25, 0.3) is 0 Å². The summed E-state index contributed by atoms with van der Waals surface area (Å²) >= 11 is 0. The van der Waals surface area contributed by atoms with Crippen LogP contribution in [-0.2, 0) is 10.9 Å². The lowest BCUT2D eigenvalue weighted by Gasteiger charge is -2.51. The molecule has 112 valence electrons. The molecule has 1 saturated carbocycles. The van der Waals surface area contributed by atoms with Crippen molar-refractivity contribution in [3.63, 3.8) is 0 Å². The molecule has 20 heavy (non-hydrogen) atoms. The highest BCUT2D eigenvalue weighted by Gasteiger charge is 2.49. The molecule has 1 aromatic heterocycles. The maximum Gasteiger partial charge on any atom is 0.435 e. The van der Waals surface area contributed by atoms with Gasteiger partial charge in [0, 0.05) is 18.1 Å². The minimum atomic E-state index is -4.46. The average molecular weight is 289 g/mol. The van der Waals surface area contributed by atoms with Crippen molar-refractivity contribution in [3.05, 3.63) is 17.8 Å². The van der Waals surface area contributed by atoms with Gasteiger partial charge in [0.05, 0.1) is 6.10 Å². The Morgan fingerprint density at radius 2 is 2.05 bits per heavy atom. The van der Waals surface area contributed by atoms with E-state index in [4.69, 9.17) is 4.74 Å². The molecule has 4 nitrogen and oxygen atoms in total. The zero-order valence-corrected chi connectivity index (χ0v) is 11.7. The molecule has 0 radical (unpaired) electrons. The van der Waals surface area contributed by atoms with Crippen LogP contribution in [0, 0.1) is 5.41 Å². The standard InChI is InChI=1S/C13H18F3N3O/c1-4-20-10-7-9(12(10,2)3)17-11-6-5-8(18-19-11)13(14,15)16/h5-6,9-10H,4,7H2,1-3H3,(H,17,19). The second-order valence-electron chi connectivity index (χ2n) is 5.50. The van der Waals surface area contributed by atoms with E-state index in [9.17, 15) is 13.2 Å². The molecule has 0 aliphatic heterocycles. The number of anilines is 1. The summed E-state index contributed by atoms with van der Waals surface area (Å²) in [6, 6.07) is 2.35. The number of hydrogen-bond donors (Lipinski definition) is 1. The zero-order valence-electron chi connectivity index (χ0n) is 11.7. The van der Waals surface area contributed by atoms with Crippen LogP contribution in [0.1, 0.15) is 32.9 Å². The summed E-state index contributed by atoms with van der Waals surface area (Å²) < 4.78 is 42.7. The second-order valence-corrected chi connectivity index (χ2v) is 5.50. The van der Waals surface area contributed by atoms with Crippen LogP contribution in [0.2, 0.25) is 0 Å². The van der Waals surface area contributed by atoms with Gasteiger partial charge < -0.3 is 10.1 Å². The van der Waals surface area contributed by atoms with Crippen molar-refractivity contribution >= 4 is 5.82 Å². The van der Waals surface area contributed by atoms with Crippen LogP contribution in [0.15, 0.2) is 12.1 Å². The van der Waals surface area contributed by atoms with Crippen molar-refractivity contribution in [2.24, 2.45) is 5.41 Å². The van der Waals surface area contributed by atoms with Crippen LogP contribution in [0.5, 0.6) is 0 Å². The van der Waals surface area contributed by atoms with Gasteiger partial charge in [-0.25, -0.2) is 0 Å². The SMILES string of the molecule is CCOC1CC(Nc2ccc(C(F)(F)F)nn2)C1(C)C. The topological polar surface area (TPSA) is 47.0 Å². The molecular formula is C13H18F3N3O. The van der Waals surface area contributed by atoms with Gasteiger partial charge in [-0.1, -0.05) is 13.8 Å². The van der Waals surface area contributed by atoms with Crippen LogP contribution < -0.4 is 5.32 Å². The molecular weight excluding hydrogens is 271 g/mol. The first-order valence-electron chi connectivity index (χ1n) is 6.54. The monoisotopic (exact) mass is 289 g/mol. The molecule has 0 saturated heterocycles. The van der Waals surface area contributed by atoms with Crippen LogP contribution in [0.4, 0.5) is 19.0 Å². The van der Waals surface area contributed by atoms with Gasteiger partial charge in [0.1, 0.15) is 5.82 Å². The summed E-state index contributed by atoms with van der Waals surface area (Å²) in [5.41, 5.74) is -1.07. The summed E-state index contributed by atoms with van der Waals surface area (Å²) in [6.45, 7) is 6.72. The third-order valence-electron chi connectivity index (χ3n) is 3.82. The zero-order chi connectivity index (χ0) is 15.0. The molecule has 2 atom stereocenters. The van der Waals surface area contributed by atoms with Gasteiger partial charge in [-0.3, -0.25) is 0 Å². The Morgan fingerprint density at radius 1 is 1.35 bits per heavy atom. The summed E-state index contributed by atoms with van der Waals surface area (Å²) in [7, 11) is 0. The summed E-state index contributed by atoms with van der Waals surface area (Å²) in [6.07, 6.45) is -3.49. The molecule has 0 aromatic carbocycles. The van der Waals surface area contributed by atoms with Gasteiger partial charge in [-0.2, -0.15) is 13.2 Å². The highest BCUT2D eigenvalue weighted by atomic mass is 19.4. The molecule has 0 spiro atoms. The van der Waals surface area contributed by atoms with E-state index in [0.29, 0.717) is 12.4 Å². The number of alkyl halides is 3. The van der Waals surface area contributed by atoms with Crippen LogP contribution in [0.3, 0.4) is 0 Å². The van der Waals surface area contributed by atoms with E-state index < -0.39 is 11.9 Å². The molecule has 1 N–H and O–H groups in total. The number of rotatable bonds is 4. The maximum absolute atomic E-state index is 12.4. The third kappa shape index (κ3) is 2.87. The number of nitrogens with zero attached hydrogens (tertiary/aromatic N) is 2. The lowest BCUT2D eigenvalue weighted by Crippen LogP contribution is -2.58. The Balaban J connectivity index is 1.98. The van der Waals surface area contributed by atoms with E-state index >= 15 is 0 Å². The van der Waals surface area contributed by atoms with Crippen molar-refractivity contribution in [3.8, 4) is 0 Å². The summed E-state index contributed by atoms with van der Waals surface area (Å²) in [5, 5.41) is 9.89. The maximum atomic E-state index is 12.4. The Morgan fingerprint density at radius 3 is 2.50 bits per heavy atom. The minimum Gasteiger partial charge on any atom is -0.378 e. The number of aromatic nitrogens is 2.